The van der Waals surface area contributed by atoms with Crippen molar-refractivity contribution in [2.75, 3.05) is 7.11 Å². The second-order valence-electron chi connectivity index (χ2n) is 3.07. The van der Waals surface area contributed by atoms with Gasteiger partial charge in [-0.1, -0.05) is 6.07 Å². The van der Waals surface area contributed by atoms with Crippen molar-refractivity contribution in [3.8, 4) is 5.75 Å². The van der Waals surface area contributed by atoms with Crippen LogP contribution < -0.4 is 4.74 Å². The van der Waals surface area contributed by atoms with Crippen LogP contribution in [0.3, 0.4) is 0 Å². The topological polar surface area (TPSA) is 89.9 Å². The molecule has 0 aromatic heterocycles. The van der Waals surface area contributed by atoms with Crippen LogP contribution in [-0.2, 0) is 9.53 Å². The van der Waals surface area contributed by atoms with Gasteiger partial charge in [0.25, 0.3) is 0 Å². The number of benzene rings is 1. The summed E-state index contributed by atoms with van der Waals surface area (Å²) in [6.45, 7) is 1.11. The van der Waals surface area contributed by atoms with Crippen LogP contribution in [-0.4, -0.2) is 30.1 Å². The van der Waals surface area contributed by atoms with Crippen molar-refractivity contribution in [2.24, 2.45) is 0 Å². The Kier molecular flexibility index (Phi) is 3.82. The number of aromatic carboxylic acids is 1. The van der Waals surface area contributed by atoms with E-state index >= 15 is 0 Å². The summed E-state index contributed by atoms with van der Waals surface area (Å²) in [6.07, 6.45) is 0. The van der Waals surface area contributed by atoms with Crippen LogP contribution in [0.25, 0.3) is 0 Å². The normalized spacial score (nSPS) is 9.53. The average Bonchev–Trinajstić information content (AvgIpc) is 2.27. The van der Waals surface area contributed by atoms with E-state index in [2.05, 4.69) is 4.74 Å². The van der Waals surface area contributed by atoms with Crippen molar-refractivity contribution in [3.63, 3.8) is 0 Å². The number of carboxylic acid groups (broad SMARTS) is 1. The molecule has 0 atom stereocenters. The molecule has 0 saturated carbocycles. The Morgan fingerprint density at radius 3 is 2.24 bits per heavy atom. The van der Waals surface area contributed by atoms with E-state index in [1.165, 1.54) is 18.2 Å². The van der Waals surface area contributed by atoms with E-state index < -0.39 is 17.9 Å². The van der Waals surface area contributed by atoms with Crippen LogP contribution in [0.2, 0.25) is 0 Å². The molecule has 0 aliphatic heterocycles. The molecule has 0 unspecified atom stereocenters. The Bertz CT molecular complexity index is 477. The van der Waals surface area contributed by atoms with Gasteiger partial charge >= 0.3 is 17.9 Å². The molecule has 1 N–H and O–H groups in total. The van der Waals surface area contributed by atoms with Gasteiger partial charge in [0.1, 0.15) is 11.1 Å². The van der Waals surface area contributed by atoms with Gasteiger partial charge < -0.3 is 14.6 Å². The first kappa shape index (κ1) is 12.7. The molecule has 0 aliphatic rings. The lowest BCUT2D eigenvalue weighted by molar-refractivity contribution is -0.131. The zero-order valence-electron chi connectivity index (χ0n) is 9.22. The van der Waals surface area contributed by atoms with E-state index in [4.69, 9.17) is 9.84 Å². The Morgan fingerprint density at radius 2 is 1.76 bits per heavy atom. The molecule has 1 aromatic rings. The van der Waals surface area contributed by atoms with Crippen LogP contribution in [0.4, 0.5) is 0 Å². The zero-order chi connectivity index (χ0) is 13.0. The summed E-state index contributed by atoms with van der Waals surface area (Å²) in [5, 5.41) is 8.91. The van der Waals surface area contributed by atoms with Crippen molar-refractivity contribution in [1.82, 2.24) is 0 Å². The quantitative estimate of drug-likeness (QED) is 0.626. The number of hydrogen-bond acceptors (Lipinski definition) is 5. The van der Waals surface area contributed by atoms with Gasteiger partial charge in [-0.2, -0.15) is 0 Å². The van der Waals surface area contributed by atoms with E-state index in [9.17, 15) is 14.4 Å². The highest BCUT2D eigenvalue weighted by molar-refractivity contribution is 6.00. The standard InChI is InChI=1S/C11H10O6/c1-6(12)17-9-7(10(13)14)4-3-5-8(9)11(15)16-2/h3-5H,1-2H3,(H,13,14). The monoisotopic (exact) mass is 238 g/mol. The maximum absolute atomic E-state index is 11.4. The van der Waals surface area contributed by atoms with E-state index in [1.807, 2.05) is 0 Å². The Morgan fingerprint density at radius 1 is 1.18 bits per heavy atom. The van der Waals surface area contributed by atoms with Crippen molar-refractivity contribution in [3.05, 3.63) is 29.3 Å². The lowest BCUT2D eigenvalue weighted by Crippen LogP contribution is -2.13. The Labute approximate surface area is 96.8 Å². The minimum absolute atomic E-state index is 0.109. The number of para-hydroxylation sites is 1. The molecule has 17 heavy (non-hydrogen) atoms. The predicted octanol–water partition coefficient (Wildman–Crippen LogP) is 1.10. The summed E-state index contributed by atoms with van der Waals surface area (Å²) >= 11 is 0. The van der Waals surface area contributed by atoms with Gasteiger partial charge in [-0.25, -0.2) is 9.59 Å². The van der Waals surface area contributed by atoms with Gasteiger partial charge in [-0.05, 0) is 12.1 Å². The zero-order valence-corrected chi connectivity index (χ0v) is 9.22. The van der Waals surface area contributed by atoms with Gasteiger partial charge in [-0.15, -0.1) is 0 Å². The number of carboxylic acids is 1. The molecule has 1 rings (SSSR count). The second kappa shape index (κ2) is 5.11. The predicted molar refractivity (Wildman–Crippen MR) is 56.0 cm³/mol. The molecule has 90 valence electrons. The largest absolute Gasteiger partial charge is 0.478 e. The van der Waals surface area contributed by atoms with Gasteiger partial charge in [0.2, 0.25) is 0 Å². The minimum Gasteiger partial charge on any atom is -0.478 e. The summed E-state index contributed by atoms with van der Waals surface area (Å²) < 4.78 is 9.21. The molecule has 0 fully saturated rings. The molecular weight excluding hydrogens is 228 g/mol. The first-order valence-electron chi connectivity index (χ1n) is 4.60. The summed E-state index contributed by atoms with van der Waals surface area (Å²) in [6, 6.07) is 3.91. The first-order valence-corrected chi connectivity index (χ1v) is 4.60. The lowest BCUT2D eigenvalue weighted by Gasteiger charge is -2.09. The second-order valence-corrected chi connectivity index (χ2v) is 3.07. The van der Waals surface area contributed by atoms with Crippen LogP contribution in [0, 0.1) is 0 Å². The van der Waals surface area contributed by atoms with Crippen molar-refractivity contribution in [2.45, 2.75) is 6.92 Å². The fraction of sp³-hybridized carbons (Fsp3) is 0.182. The van der Waals surface area contributed by atoms with Crippen LogP contribution >= 0.6 is 0 Å². The third-order valence-corrected chi connectivity index (χ3v) is 1.90. The molecule has 6 nitrogen and oxygen atoms in total. The maximum Gasteiger partial charge on any atom is 0.341 e. The number of rotatable bonds is 3. The highest BCUT2D eigenvalue weighted by Gasteiger charge is 2.21. The van der Waals surface area contributed by atoms with Crippen LogP contribution in [0.1, 0.15) is 27.6 Å². The first-order chi connectivity index (χ1) is 7.97. The molecule has 0 saturated heterocycles. The maximum atomic E-state index is 11.4. The smallest absolute Gasteiger partial charge is 0.341 e. The summed E-state index contributed by atoms with van der Waals surface area (Å²) in [4.78, 5) is 33.2. The summed E-state index contributed by atoms with van der Waals surface area (Å²) in [5.74, 6) is -3.10. The molecule has 0 spiro atoms. The number of hydrogen-bond donors (Lipinski definition) is 1. The number of methoxy groups -OCH3 is 1. The third-order valence-electron chi connectivity index (χ3n) is 1.90. The van der Waals surface area contributed by atoms with Gasteiger partial charge in [0.05, 0.1) is 7.11 Å². The molecule has 0 radical (unpaired) electrons. The van der Waals surface area contributed by atoms with Crippen molar-refractivity contribution in [1.29, 1.82) is 0 Å². The molecule has 0 aliphatic carbocycles. The fourth-order valence-corrected chi connectivity index (χ4v) is 1.23. The number of carbonyl (C=O) groups excluding carboxylic acids is 2. The van der Waals surface area contributed by atoms with Crippen molar-refractivity contribution < 1.29 is 29.0 Å². The molecule has 1 aromatic carbocycles. The van der Waals surface area contributed by atoms with Gasteiger partial charge in [-0.3, -0.25) is 4.79 Å². The molecule has 6 heteroatoms. The molecule has 0 amide bonds. The van der Waals surface area contributed by atoms with E-state index in [0.29, 0.717) is 0 Å². The van der Waals surface area contributed by atoms with Crippen molar-refractivity contribution >= 4 is 17.9 Å². The van der Waals surface area contributed by atoms with Crippen LogP contribution in [0.15, 0.2) is 18.2 Å². The number of esters is 2. The Balaban J connectivity index is 3.38. The minimum atomic E-state index is -1.30. The molecule has 0 bridgehead atoms. The SMILES string of the molecule is COC(=O)c1cccc(C(=O)O)c1OC(C)=O. The molecular formula is C11H10O6. The fourth-order valence-electron chi connectivity index (χ4n) is 1.23. The highest BCUT2D eigenvalue weighted by Crippen LogP contribution is 2.25. The lowest BCUT2D eigenvalue weighted by atomic mass is 10.1. The molecule has 0 heterocycles. The average molecular weight is 238 g/mol. The van der Waals surface area contributed by atoms with Gasteiger partial charge in [0, 0.05) is 6.92 Å². The highest BCUT2D eigenvalue weighted by atomic mass is 16.5. The summed E-state index contributed by atoms with van der Waals surface area (Å²) in [5.41, 5.74) is -0.384. The van der Waals surface area contributed by atoms with E-state index in [-0.39, 0.29) is 16.9 Å². The number of carbonyl (C=O) groups is 3. The summed E-state index contributed by atoms with van der Waals surface area (Å²) in [7, 11) is 1.15. The third kappa shape index (κ3) is 2.81. The van der Waals surface area contributed by atoms with Crippen LogP contribution in [0.5, 0.6) is 5.75 Å². The van der Waals surface area contributed by atoms with E-state index in [0.717, 1.165) is 14.0 Å². The number of ether oxygens (including phenoxy) is 2. The Hall–Kier alpha value is -2.37. The van der Waals surface area contributed by atoms with E-state index in [1.54, 1.807) is 0 Å². The van der Waals surface area contributed by atoms with Gasteiger partial charge in [0.15, 0.2) is 5.75 Å².